The Morgan fingerprint density at radius 2 is 2.12 bits per heavy atom. The van der Waals surface area contributed by atoms with E-state index in [1.807, 2.05) is 12.1 Å². The van der Waals surface area contributed by atoms with E-state index in [4.69, 9.17) is 5.11 Å². The van der Waals surface area contributed by atoms with Gasteiger partial charge in [0, 0.05) is 31.0 Å². The van der Waals surface area contributed by atoms with E-state index in [9.17, 15) is 0 Å². The van der Waals surface area contributed by atoms with Crippen molar-refractivity contribution in [1.82, 2.24) is 9.88 Å². The molecule has 0 unspecified atom stereocenters. The van der Waals surface area contributed by atoms with Gasteiger partial charge in [-0.15, -0.1) is 0 Å². The Hall–Kier alpha value is -1.13. The fourth-order valence-electron chi connectivity index (χ4n) is 2.39. The van der Waals surface area contributed by atoms with Gasteiger partial charge in [0.15, 0.2) is 0 Å². The van der Waals surface area contributed by atoms with Crippen molar-refractivity contribution >= 4 is 5.69 Å². The highest BCUT2D eigenvalue weighted by Gasteiger charge is 2.20. The van der Waals surface area contributed by atoms with Crippen molar-refractivity contribution in [3.8, 4) is 0 Å². The molecule has 2 rings (SSSR count). The summed E-state index contributed by atoms with van der Waals surface area (Å²) in [7, 11) is 4.30. The van der Waals surface area contributed by atoms with Crippen molar-refractivity contribution in [3.05, 3.63) is 24.0 Å². The van der Waals surface area contributed by atoms with Crippen LogP contribution in [-0.2, 0) is 6.61 Å². The Bertz CT molecular complexity index is 359. The SMILES string of the molecule is CN(C)C1CCN(c2ccnc(CO)c2)CC1. The van der Waals surface area contributed by atoms with Crippen LogP contribution in [0.4, 0.5) is 5.69 Å². The quantitative estimate of drug-likeness (QED) is 0.852. The van der Waals surface area contributed by atoms with Gasteiger partial charge in [0.1, 0.15) is 0 Å². The second kappa shape index (κ2) is 5.47. The molecule has 17 heavy (non-hydrogen) atoms. The Kier molecular flexibility index (Phi) is 3.97. The molecule has 1 aromatic heterocycles. The summed E-state index contributed by atoms with van der Waals surface area (Å²) in [5.41, 5.74) is 1.93. The van der Waals surface area contributed by atoms with E-state index in [0.717, 1.165) is 18.8 Å². The summed E-state index contributed by atoms with van der Waals surface area (Å²) in [6, 6.07) is 4.70. The molecule has 4 nitrogen and oxygen atoms in total. The zero-order valence-electron chi connectivity index (χ0n) is 10.6. The molecule has 2 heterocycles. The number of anilines is 1. The van der Waals surface area contributed by atoms with Crippen molar-refractivity contribution < 1.29 is 5.11 Å². The molecule has 1 aliphatic rings. The number of aliphatic hydroxyl groups is 1. The Morgan fingerprint density at radius 1 is 1.41 bits per heavy atom. The first-order chi connectivity index (χ1) is 8.20. The van der Waals surface area contributed by atoms with Gasteiger partial charge in [0.2, 0.25) is 0 Å². The van der Waals surface area contributed by atoms with Crippen LogP contribution in [0.3, 0.4) is 0 Å². The average Bonchev–Trinajstić information content (AvgIpc) is 2.39. The predicted octanol–water partition coefficient (Wildman–Crippen LogP) is 1.10. The highest BCUT2D eigenvalue weighted by molar-refractivity contribution is 5.46. The molecular weight excluding hydrogens is 214 g/mol. The van der Waals surface area contributed by atoms with Gasteiger partial charge in [-0.2, -0.15) is 0 Å². The maximum Gasteiger partial charge on any atom is 0.0853 e. The van der Waals surface area contributed by atoms with Gasteiger partial charge in [0.05, 0.1) is 12.3 Å². The maximum atomic E-state index is 9.09. The van der Waals surface area contributed by atoms with E-state index in [2.05, 4.69) is 28.9 Å². The van der Waals surface area contributed by atoms with E-state index >= 15 is 0 Å². The van der Waals surface area contributed by atoms with Crippen LogP contribution in [0.15, 0.2) is 18.3 Å². The minimum Gasteiger partial charge on any atom is -0.390 e. The monoisotopic (exact) mass is 235 g/mol. The molecule has 4 heteroatoms. The first-order valence-corrected chi connectivity index (χ1v) is 6.18. The average molecular weight is 235 g/mol. The zero-order chi connectivity index (χ0) is 12.3. The molecular formula is C13H21N3O. The number of rotatable bonds is 3. The lowest BCUT2D eigenvalue weighted by Gasteiger charge is -2.36. The van der Waals surface area contributed by atoms with Crippen LogP contribution < -0.4 is 4.90 Å². The third-order valence-corrected chi connectivity index (χ3v) is 3.52. The summed E-state index contributed by atoms with van der Waals surface area (Å²) in [5.74, 6) is 0. The number of piperidine rings is 1. The molecule has 1 aromatic rings. The summed E-state index contributed by atoms with van der Waals surface area (Å²) in [6.45, 7) is 2.18. The number of nitrogens with zero attached hydrogens (tertiary/aromatic N) is 3. The van der Waals surface area contributed by atoms with Crippen LogP contribution in [0.5, 0.6) is 0 Å². The van der Waals surface area contributed by atoms with Crippen molar-refractivity contribution in [2.24, 2.45) is 0 Å². The molecule has 0 aromatic carbocycles. The predicted molar refractivity (Wildman–Crippen MR) is 69.1 cm³/mol. The minimum atomic E-state index is 0.0159. The molecule has 1 aliphatic heterocycles. The standard InChI is InChI=1S/C13H21N3O/c1-15(2)12-4-7-16(8-5-12)13-3-6-14-11(9-13)10-17/h3,6,9,12,17H,4-5,7-8,10H2,1-2H3. The van der Waals surface area contributed by atoms with Crippen LogP contribution in [0.1, 0.15) is 18.5 Å². The molecule has 94 valence electrons. The molecule has 0 saturated carbocycles. The lowest BCUT2D eigenvalue weighted by Crippen LogP contribution is -2.42. The second-order valence-electron chi connectivity index (χ2n) is 4.85. The van der Waals surface area contributed by atoms with Gasteiger partial charge in [-0.3, -0.25) is 4.98 Å². The third-order valence-electron chi connectivity index (χ3n) is 3.52. The van der Waals surface area contributed by atoms with Crippen LogP contribution in [0, 0.1) is 0 Å². The van der Waals surface area contributed by atoms with Crippen molar-refractivity contribution in [2.45, 2.75) is 25.5 Å². The molecule has 0 radical (unpaired) electrons. The number of aromatic nitrogens is 1. The molecule has 0 atom stereocenters. The number of aliphatic hydroxyl groups excluding tert-OH is 1. The molecule has 0 aliphatic carbocycles. The van der Waals surface area contributed by atoms with E-state index in [0.29, 0.717) is 6.04 Å². The van der Waals surface area contributed by atoms with Crippen molar-refractivity contribution in [1.29, 1.82) is 0 Å². The topological polar surface area (TPSA) is 39.6 Å². The van der Waals surface area contributed by atoms with Gasteiger partial charge < -0.3 is 14.9 Å². The van der Waals surface area contributed by atoms with Gasteiger partial charge in [-0.25, -0.2) is 0 Å². The summed E-state index contributed by atoms with van der Waals surface area (Å²) in [4.78, 5) is 8.80. The lowest BCUT2D eigenvalue weighted by molar-refractivity contribution is 0.249. The van der Waals surface area contributed by atoms with Crippen LogP contribution in [-0.4, -0.2) is 48.2 Å². The van der Waals surface area contributed by atoms with E-state index in [1.54, 1.807) is 6.20 Å². The summed E-state index contributed by atoms with van der Waals surface area (Å²) in [6.07, 6.45) is 4.17. The van der Waals surface area contributed by atoms with Crippen LogP contribution in [0.25, 0.3) is 0 Å². The first-order valence-electron chi connectivity index (χ1n) is 6.18. The summed E-state index contributed by atoms with van der Waals surface area (Å²) in [5, 5.41) is 9.09. The summed E-state index contributed by atoms with van der Waals surface area (Å²) < 4.78 is 0. The van der Waals surface area contributed by atoms with Gasteiger partial charge >= 0.3 is 0 Å². The Balaban J connectivity index is 2.00. The zero-order valence-corrected chi connectivity index (χ0v) is 10.6. The lowest BCUT2D eigenvalue weighted by atomic mass is 10.0. The summed E-state index contributed by atoms with van der Waals surface area (Å²) >= 11 is 0. The largest absolute Gasteiger partial charge is 0.390 e. The normalized spacial score (nSPS) is 17.8. The molecule has 0 amide bonds. The fraction of sp³-hybridized carbons (Fsp3) is 0.615. The fourth-order valence-corrected chi connectivity index (χ4v) is 2.39. The van der Waals surface area contributed by atoms with Gasteiger partial charge in [0.25, 0.3) is 0 Å². The maximum absolute atomic E-state index is 9.09. The van der Waals surface area contributed by atoms with E-state index in [1.165, 1.54) is 18.5 Å². The van der Waals surface area contributed by atoms with Crippen molar-refractivity contribution in [2.75, 3.05) is 32.1 Å². The molecule has 0 spiro atoms. The number of hydrogen-bond donors (Lipinski definition) is 1. The molecule has 1 saturated heterocycles. The van der Waals surface area contributed by atoms with Crippen LogP contribution >= 0.6 is 0 Å². The first kappa shape index (κ1) is 12.3. The highest BCUT2D eigenvalue weighted by atomic mass is 16.3. The minimum absolute atomic E-state index is 0.0159. The Labute approximate surface area is 103 Å². The van der Waals surface area contributed by atoms with E-state index < -0.39 is 0 Å². The molecule has 1 N–H and O–H groups in total. The molecule has 0 bridgehead atoms. The number of hydrogen-bond acceptors (Lipinski definition) is 4. The van der Waals surface area contributed by atoms with Gasteiger partial charge in [-0.1, -0.05) is 0 Å². The van der Waals surface area contributed by atoms with Crippen molar-refractivity contribution in [3.63, 3.8) is 0 Å². The van der Waals surface area contributed by atoms with Gasteiger partial charge in [-0.05, 0) is 39.1 Å². The number of pyridine rings is 1. The third kappa shape index (κ3) is 2.96. The Morgan fingerprint density at radius 3 is 2.71 bits per heavy atom. The smallest absolute Gasteiger partial charge is 0.0853 e. The molecule has 1 fully saturated rings. The second-order valence-corrected chi connectivity index (χ2v) is 4.85. The highest BCUT2D eigenvalue weighted by Crippen LogP contribution is 2.21. The van der Waals surface area contributed by atoms with Crippen LogP contribution in [0.2, 0.25) is 0 Å². The van der Waals surface area contributed by atoms with E-state index in [-0.39, 0.29) is 6.61 Å².